The summed E-state index contributed by atoms with van der Waals surface area (Å²) >= 11 is 5.74. The zero-order chi connectivity index (χ0) is 13.7. The van der Waals surface area contributed by atoms with Crippen LogP contribution in [-0.2, 0) is 16.1 Å². The Labute approximate surface area is 113 Å². The molecule has 2 rings (SSSR count). The first-order valence-corrected chi connectivity index (χ1v) is 5.77. The van der Waals surface area contributed by atoms with E-state index in [0.29, 0.717) is 5.02 Å². The fourth-order valence-corrected chi connectivity index (χ4v) is 1.44. The highest BCUT2D eigenvalue weighted by Gasteiger charge is 2.14. The zero-order valence-electron chi connectivity index (χ0n) is 9.72. The van der Waals surface area contributed by atoms with E-state index >= 15 is 0 Å². The SMILES string of the molecule is O=C(NCc1ccc(Cl)cc1)C(=O)Nc1ccon1. The van der Waals surface area contributed by atoms with Crippen LogP contribution in [0.1, 0.15) is 5.56 Å². The monoisotopic (exact) mass is 279 g/mol. The normalized spacial score (nSPS) is 9.95. The summed E-state index contributed by atoms with van der Waals surface area (Å²) in [5, 5.41) is 8.84. The zero-order valence-corrected chi connectivity index (χ0v) is 10.5. The first-order valence-electron chi connectivity index (χ1n) is 5.39. The van der Waals surface area contributed by atoms with Crippen LogP contribution in [0, 0.1) is 0 Å². The van der Waals surface area contributed by atoms with Crippen molar-refractivity contribution in [3.8, 4) is 0 Å². The number of rotatable bonds is 3. The second kappa shape index (κ2) is 6.01. The predicted molar refractivity (Wildman–Crippen MR) is 68.4 cm³/mol. The molecule has 2 N–H and O–H groups in total. The quantitative estimate of drug-likeness (QED) is 0.836. The molecule has 0 bridgehead atoms. The van der Waals surface area contributed by atoms with Crippen LogP contribution in [0.5, 0.6) is 0 Å². The van der Waals surface area contributed by atoms with Gasteiger partial charge in [-0.05, 0) is 17.7 Å². The molecule has 0 fully saturated rings. The predicted octanol–water partition coefficient (Wildman–Crippen LogP) is 1.58. The second-order valence-electron chi connectivity index (χ2n) is 3.65. The lowest BCUT2D eigenvalue weighted by Crippen LogP contribution is -2.35. The van der Waals surface area contributed by atoms with Gasteiger partial charge in [-0.15, -0.1) is 0 Å². The highest BCUT2D eigenvalue weighted by molar-refractivity contribution is 6.39. The molecule has 2 amide bonds. The van der Waals surface area contributed by atoms with Gasteiger partial charge in [-0.2, -0.15) is 0 Å². The lowest BCUT2D eigenvalue weighted by atomic mass is 10.2. The number of hydrogen-bond acceptors (Lipinski definition) is 4. The molecule has 0 spiro atoms. The van der Waals surface area contributed by atoms with Crippen LogP contribution in [0.4, 0.5) is 5.82 Å². The van der Waals surface area contributed by atoms with Crippen LogP contribution < -0.4 is 10.6 Å². The van der Waals surface area contributed by atoms with Crippen LogP contribution in [0.15, 0.2) is 41.1 Å². The Morgan fingerprint density at radius 2 is 1.89 bits per heavy atom. The molecule has 0 radical (unpaired) electrons. The summed E-state index contributed by atoms with van der Waals surface area (Å²) in [6.07, 6.45) is 1.29. The molecule has 98 valence electrons. The number of anilines is 1. The summed E-state index contributed by atoms with van der Waals surface area (Å²) in [7, 11) is 0. The van der Waals surface area contributed by atoms with Gasteiger partial charge in [-0.3, -0.25) is 14.9 Å². The van der Waals surface area contributed by atoms with E-state index in [1.165, 1.54) is 12.3 Å². The number of halogens is 1. The molecule has 0 saturated carbocycles. The van der Waals surface area contributed by atoms with Crippen molar-refractivity contribution >= 4 is 29.2 Å². The Bertz CT molecular complexity index is 566. The van der Waals surface area contributed by atoms with Crippen molar-refractivity contribution in [2.24, 2.45) is 0 Å². The second-order valence-corrected chi connectivity index (χ2v) is 4.08. The maximum atomic E-state index is 11.5. The van der Waals surface area contributed by atoms with E-state index in [4.69, 9.17) is 11.6 Å². The van der Waals surface area contributed by atoms with Gasteiger partial charge in [-0.1, -0.05) is 28.9 Å². The van der Waals surface area contributed by atoms with Crippen molar-refractivity contribution in [1.29, 1.82) is 0 Å². The van der Waals surface area contributed by atoms with Crippen molar-refractivity contribution in [3.63, 3.8) is 0 Å². The van der Waals surface area contributed by atoms with Gasteiger partial charge in [0.1, 0.15) is 6.26 Å². The molecule has 0 saturated heterocycles. The van der Waals surface area contributed by atoms with Gasteiger partial charge < -0.3 is 9.84 Å². The molecule has 1 heterocycles. The first kappa shape index (κ1) is 13.1. The molecule has 0 aliphatic rings. The lowest BCUT2D eigenvalue weighted by Gasteiger charge is -2.04. The van der Waals surface area contributed by atoms with Gasteiger partial charge in [0.05, 0.1) is 0 Å². The number of carbonyl (C=O) groups excluding carboxylic acids is 2. The number of carbonyl (C=O) groups is 2. The van der Waals surface area contributed by atoms with Gasteiger partial charge in [0, 0.05) is 17.6 Å². The van der Waals surface area contributed by atoms with Gasteiger partial charge in [0.2, 0.25) is 0 Å². The lowest BCUT2D eigenvalue weighted by molar-refractivity contribution is -0.136. The highest BCUT2D eigenvalue weighted by atomic mass is 35.5. The molecule has 19 heavy (non-hydrogen) atoms. The average molecular weight is 280 g/mol. The van der Waals surface area contributed by atoms with Crippen LogP contribution in [0.25, 0.3) is 0 Å². The van der Waals surface area contributed by atoms with Gasteiger partial charge in [0.15, 0.2) is 5.82 Å². The Kier molecular flexibility index (Phi) is 4.15. The molecular weight excluding hydrogens is 270 g/mol. The van der Waals surface area contributed by atoms with E-state index in [0.717, 1.165) is 5.56 Å². The fourth-order valence-electron chi connectivity index (χ4n) is 1.31. The summed E-state index contributed by atoms with van der Waals surface area (Å²) in [5.41, 5.74) is 0.840. The standard InChI is InChI=1S/C12H10ClN3O3/c13-9-3-1-8(2-4-9)7-14-11(17)12(18)15-10-5-6-19-16-10/h1-6H,7H2,(H,14,17)(H,15,16,18). The Balaban J connectivity index is 1.84. The summed E-state index contributed by atoms with van der Waals surface area (Å²) < 4.78 is 4.53. The molecule has 0 aliphatic carbocycles. The third-order valence-corrected chi connectivity index (χ3v) is 2.50. The largest absolute Gasteiger partial charge is 0.363 e. The Morgan fingerprint density at radius 1 is 1.16 bits per heavy atom. The number of benzene rings is 1. The maximum Gasteiger partial charge on any atom is 0.314 e. The Hall–Kier alpha value is -2.34. The van der Waals surface area contributed by atoms with E-state index in [1.807, 2.05) is 0 Å². The van der Waals surface area contributed by atoms with Crippen molar-refractivity contribution < 1.29 is 14.1 Å². The van der Waals surface area contributed by atoms with Crippen LogP contribution in [0.2, 0.25) is 5.02 Å². The summed E-state index contributed by atoms with van der Waals surface area (Å²) in [5.74, 6) is -1.37. The van der Waals surface area contributed by atoms with Crippen molar-refractivity contribution in [2.45, 2.75) is 6.54 Å². The van der Waals surface area contributed by atoms with Gasteiger partial charge in [-0.25, -0.2) is 0 Å². The minimum Gasteiger partial charge on any atom is -0.363 e. The summed E-state index contributed by atoms with van der Waals surface area (Å²) in [6, 6.07) is 8.37. The minimum absolute atomic E-state index is 0.187. The number of nitrogens with one attached hydrogen (secondary N) is 2. The van der Waals surface area contributed by atoms with E-state index < -0.39 is 11.8 Å². The Morgan fingerprint density at radius 3 is 2.53 bits per heavy atom. The van der Waals surface area contributed by atoms with Crippen molar-refractivity contribution in [3.05, 3.63) is 47.2 Å². The molecule has 1 aromatic heterocycles. The van der Waals surface area contributed by atoms with Crippen LogP contribution in [-0.4, -0.2) is 17.0 Å². The van der Waals surface area contributed by atoms with E-state index in [-0.39, 0.29) is 12.4 Å². The van der Waals surface area contributed by atoms with Gasteiger partial charge >= 0.3 is 11.8 Å². The van der Waals surface area contributed by atoms with Crippen molar-refractivity contribution in [1.82, 2.24) is 10.5 Å². The van der Waals surface area contributed by atoms with Crippen LogP contribution in [0.3, 0.4) is 0 Å². The average Bonchev–Trinajstić information content (AvgIpc) is 2.90. The van der Waals surface area contributed by atoms with Gasteiger partial charge in [0.25, 0.3) is 0 Å². The topological polar surface area (TPSA) is 84.2 Å². The molecular formula is C12H10ClN3O3. The van der Waals surface area contributed by atoms with Crippen molar-refractivity contribution in [2.75, 3.05) is 5.32 Å². The number of hydrogen-bond donors (Lipinski definition) is 2. The molecule has 1 aromatic carbocycles. The highest BCUT2D eigenvalue weighted by Crippen LogP contribution is 2.09. The fraction of sp³-hybridized carbons (Fsp3) is 0.0833. The van der Waals surface area contributed by atoms with E-state index in [9.17, 15) is 9.59 Å². The molecule has 0 aliphatic heterocycles. The summed E-state index contributed by atoms with van der Waals surface area (Å²) in [6.45, 7) is 0.238. The molecule has 2 aromatic rings. The van der Waals surface area contributed by atoms with Crippen LogP contribution >= 0.6 is 11.6 Å². The first-order chi connectivity index (χ1) is 9.15. The number of aromatic nitrogens is 1. The molecule has 7 heteroatoms. The minimum atomic E-state index is -0.803. The molecule has 0 atom stereocenters. The molecule has 6 nitrogen and oxygen atoms in total. The maximum absolute atomic E-state index is 11.5. The summed E-state index contributed by atoms with van der Waals surface area (Å²) in [4.78, 5) is 23.0. The smallest absolute Gasteiger partial charge is 0.314 e. The number of amides is 2. The number of nitrogens with zero attached hydrogens (tertiary/aromatic N) is 1. The molecule has 0 unspecified atom stereocenters. The third-order valence-electron chi connectivity index (χ3n) is 2.25. The van der Waals surface area contributed by atoms with E-state index in [1.54, 1.807) is 24.3 Å². The third kappa shape index (κ3) is 3.82. The van der Waals surface area contributed by atoms with E-state index in [2.05, 4.69) is 20.3 Å².